The molecular formula is C12H18F2N2. The Hall–Kier alpha value is -0.900. The Kier molecular flexibility index (Phi) is 3.59. The van der Waals surface area contributed by atoms with E-state index in [0.717, 1.165) is 19.3 Å². The molecule has 90 valence electrons. The second-order valence-electron chi connectivity index (χ2n) is 4.41. The Morgan fingerprint density at radius 1 is 1.44 bits per heavy atom. The molecule has 1 aliphatic rings. The summed E-state index contributed by atoms with van der Waals surface area (Å²) in [7, 11) is 1.93. The first kappa shape index (κ1) is 11.6. The van der Waals surface area contributed by atoms with Gasteiger partial charge in [-0.3, -0.25) is 0 Å². The van der Waals surface area contributed by atoms with Crippen LogP contribution in [0.25, 0.3) is 0 Å². The third-order valence-corrected chi connectivity index (χ3v) is 3.26. The van der Waals surface area contributed by atoms with E-state index in [2.05, 4.69) is 5.32 Å². The van der Waals surface area contributed by atoms with Gasteiger partial charge in [0.2, 0.25) is 0 Å². The van der Waals surface area contributed by atoms with Crippen molar-refractivity contribution in [3.63, 3.8) is 0 Å². The number of nitrogens with one attached hydrogen (secondary N) is 1. The lowest BCUT2D eigenvalue weighted by molar-refractivity contribution is 0.126. The zero-order chi connectivity index (χ0) is 11.5. The second-order valence-corrected chi connectivity index (χ2v) is 4.41. The second kappa shape index (κ2) is 4.95. The molecular weight excluding hydrogens is 210 g/mol. The van der Waals surface area contributed by atoms with Gasteiger partial charge in [0.1, 0.15) is 0 Å². The third kappa shape index (κ3) is 2.43. The molecule has 1 aromatic rings. The predicted molar refractivity (Wildman–Crippen MR) is 59.8 cm³/mol. The summed E-state index contributed by atoms with van der Waals surface area (Å²) in [5, 5.41) is 3.27. The van der Waals surface area contributed by atoms with Crippen molar-refractivity contribution in [3.8, 4) is 0 Å². The fraction of sp³-hybridized carbons (Fsp3) is 0.667. The average Bonchev–Trinajstić information content (AvgIpc) is 2.51. The molecule has 0 aliphatic heterocycles. The molecule has 0 radical (unpaired) electrons. The maximum atomic E-state index is 12.3. The van der Waals surface area contributed by atoms with E-state index in [1.807, 2.05) is 19.4 Å². The van der Waals surface area contributed by atoms with Crippen LogP contribution in [0.4, 0.5) is 8.78 Å². The van der Waals surface area contributed by atoms with Crippen molar-refractivity contribution in [2.75, 3.05) is 7.05 Å². The highest BCUT2D eigenvalue weighted by atomic mass is 19.3. The first-order valence-electron chi connectivity index (χ1n) is 5.84. The first-order chi connectivity index (χ1) is 7.70. The molecule has 1 aromatic heterocycles. The highest BCUT2D eigenvalue weighted by molar-refractivity contribution is 5.29. The van der Waals surface area contributed by atoms with Crippen LogP contribution in [-0.4, -0.2) is 18.0 Å². The van der Waals surface area contributed by atoms with Crippen LogP contribution in [0.2, 0.25) is 0 Å². The van der Waals surface area contributed by atoms with Crippen LogP contribution in [-0.2, 0) is 13.0 Å². The number of hydrogen-bond acceptors (Lipinski definition) is 1. The Bertz CT molecular complexity index is 347. The summed E-state index contributed by atoms with van der Waals surface area (Å²) in [6.45, 7) is -0.191. The third-order valence-electron chi connectivity index (χ3n) is 3.26. The summed E-state index contributed by atoms with van der Waals surface area (Å²) in [5.41, 5.74) is 2.44. The molecule has 0 saturated carbocycles. The van der Waals surface area contributed by atoms with Gasteiger partial charge in [0.25, 0.3) is 6.43 Å². The van der Waals surface area contributed by atoms with Gasteiger partial charge in [-0.2, -0.15) is 0 Å². The first-order valence-corrected chi connectivity index (χ1v) is 5.84. The average molecular weight is 228 g/mol. The molecule has 4 heteroatoms. The van der Waals surface area contributed by atoms with Gasteiger partial charge in [0, 0.05) is 18.4 Å². The summed E-state index contributed by atoms with van der Waals surface area (Å²) in [4.78, 5) is 0. The lowest BCUT2D eigenvalue weighted by Gasteiger charge is -2.13. The zero-order valence-electron chi connectivity index (χ0n) is 9.55. The molecule has 1 heterocycles. The summed E-state index contributed by atoms with van der Waals surface area (Å²) in [5.74, 6) is 0. The van der Waals surface area contributed by atoms with Crippen LogP contribution >= 0.6 is 0 Å². The molecule has 1 unspecified atom stereocenters. The van der Waals surface area contributed by atoms with Crippen molar-refractivity contribution in [2.24, 2.45) is 0 Å². The SMILES string of the molecule is CNC1CCCCc2cn(CC(F)F)cc21. The van der Waals surface area contributed by atoms with E-state index in [9.17, 15) is 8.78 Å². The predicted octanol–water partition coefficient (Wildman–Crippen LogP) is 2.74. The smallest absolute Gasteiger partial charge is 0.256 e. The topological polar surface area (TPSA) is 17.0 Å². The molecule has 1 atom stereocenters. The Labute approximate surface area is 94.6 Å². The highest BCUT2D eigenvalue weighted by Crippen LogP contribution is 2.29. The quantitative estimate of drug-likeness (QED) is 0.787. The van der Waals surface area contributed by atoms with Crippen molar-refractivity contribution < 1.29 is 8.78 Å². The van der Waals surface area contributed by atoms with Crippen LogP contribution in [0.3, 0.4) is 0 Å². The Morgan fingerprint density at radius 3 is 2.94 bits per heavy atom. The molecule has 0 bridgehead atoms. The normalized spacial score (nSPS) is 20.9. The molecule has 1 aliphatic carbocycles. The lowest BCUT2D eigenvalue weighted by Crippen LogP contribution is -2.15. The Balaban J connectivity index is 2.23. The summed E-state index contributed by atoms with van der Waals surface area (Å²) in [6.07, 6.45) is 5.97. The van der Waals surface area contributed by atoms with E-state index in [0.29, 0.717) is 6.04 Å². The van der Waals surface area contributed by atoms with Gasteiger partial charge >= 0.3 is 0 Å². The summed E-state index contributed by atoms with van der Waals surface area (Å²) in [6, 6.07) is 0.330. The molecule has 1 N–H and O–H groups in total. The fourth-order valence-electron chi connectivity index (χ4n) is 2.48. The van der Waals surface area contributed by atoms with Gasteiger partial charge in [-0.1, -0.05) is 6.42 Å². The molecule has 0 saturated heterocycles. The van der Waals surface area contributed by atoms with Crippen molar-refractivity contribution in [1.82, 2.24) is 9.88 Å². The number of hydrogen-bond donors (Lipinski definition) is 1. The number of aromatic nitrogens is 1. The number of nitrogens with zero attached hydrogens (tertiary/aromatic N) is 1. The number of fused-ring (bicyclic) bond motifs is 1. The van der Waals surface area contributed by atoms with Gasteiger partial charge in [0.05, 0.1) is 6.54 Å². The van der Waals surface area contributed by atoms with E-state index in [1.165, 1.54) is 17.5 Å². The van der Waals surface area contributed by atoms with Crippen molar-refractivity contribution in [1.29, 1.82) is 0 Å². The minimum atomic E-state index is -2.27. The summed E-state index contributed by atoms with van der Waals surface area (Å²) >= 11 is 0. The van der Waals surface area contributed by atoms with Crippen LogP contribution in [0.15, 0.2) is 12.4 Å². The minimum Gasteiger partial charge on any atom is -0.348 e. The van der Waals surface area contributed by atoms with Gasteiger partial charge in [-0.25, -0.2) is 8.78 Å². The lowest BCUT2D eigenvalue weighted by atomic mass is 10.1. The van der Waals surface area contributed by atoms with E-state index in [-0.39, 0.29) is 6.54 Å². The van der Waals surface area contributed by atoms with Gasteiger partial charge in [-0.05, 0) is 37.4 Å². The van der Waals surface area contributed by atoms with Gasteiger partial charge in [-0.15, -0.1) is 0 Å². The Morgan fingerprint density at radius 2 is 2.25 bits per heavy atom. The van der Waals surface area contributed by atoms with Crippen molar-refractivity contribution >= 4 is 0 Å². The molecule has 0 spiro atoms. The minimum absolute atomic E-state index is 0.191. The maximum absolute atomic E-state index is 12.3. The molecule has 16 heavy (non-hydrogen) atoms. The van der Waals surface area contributed by atoms with Crippen LogP contribution in [0, 0.1) is 0 Å². The molecule has 0 amide bonds. The zero-order valence-corrected chi connectivity index (χ0v) is 9.55. The van der Waals surface area contributed by atoms with Crippen LogP contribution < -0.4 is 5.32 Å². The molecule has 2 rings (SSSR count). The van der Waals surface area contributed by atoms with E-state index in [1.54, 1.807) is 4.57 Å². The number of alkyl halides is 2. The number of rotatable bonds is 3. The molecule has 2 nitrogen and oxygen atoms in total. The van der Waals surface area contributed by atoms with Crippen molar-refractivity contribution in [3.05, 3.63) is 23.5 Å². The van der Waals surface area contributed by atoms with E-state index < -0.39 is 6.43 Å². The van der Waals surface area contributed by atoms with E-state index >= 15 is 0 Å². The summed E-state index contributed by atoms with van der Waals surface area (Å²) < 4.78 is 26.2. The fourth-order valence-corrected chi connectivity index (χ4v) is 2.48. The standard InChI is InChI=1S/C12H18F2N2/c1-15-11-5-3-2-4-9-6-16(7-10(9)11)8-12(13)14/h6-7,11-12,15H,2-5,8H2,1H3. The molecule has 0 fully saturated rings. The van der Waals surface area contributed by atoms with Gasteiger partial charge in [0.15, 0.2) is 0 Å². The monoisotopic (exact) mass is 228 g/mol. The van der Waals surface area contributed by atoms with Crippen molar-refractivity contribution in [2.45, 2.75) is 44.7 Å². The largest absolute Gasteiger partial charge is 0.348 e. The molecule has 0 aromatic carbocycles. The van der Waals surface area contributed by atoms with Crippen LogP contribution in [0.1, 0.15) is 36.4 Å². The van der Waals surface area contributed by atoms with Crippen LogP contribution in [0.5, 0.6) is 0 Å². The highest BCUT2D eigenvalue weighted by Gasteiger charge is 2.19. The van der Waals surface area contributed by atoms with Gasteiger partial charge < -0.3 is 9.88 Å². The number of halogens is 2. The maximum Gasteiger partial charge on any atom is 0.256 e. The van der Waals surface area contributed by atoms with E-state index in [4.69, 9.17) is 0 Å². The number of aryl methyl sites for hydroxylation is 1.